The van der Waals surface area contributed by atoms with Crippen LogP contribution in [0, 0.1) is 5.92 Å². The Balaban J connectivity index is 1.32. The van der Waals surface area contributed by atoms with Crippen molar-refractivity contribution in [1.82, 2.24) is 4.90 Å². The van der Waals surface area contributed by atoms with Gasteiger partial charge in [0, 0.05) is 13.1 Å². The van der Waals surface area contributed by atoms with Crippen LogP contribution in [-0.2, 0) is 16.0 Å². The lowest BCUT2D eigenvalue weighted by Gasteiger charge is -2.35. The second-order valence-electron chi connectivity index (χ2n) is 7.80. The lowest BCUT2D eigenvalue weighted by Crippen LogP contribution is -2.47. The fourth-order valence-electron chi connectivity index (χ4n) is 4.23. The second-order valence-corrected chi connectivity index (χ2v) is 7.80. The summed E-state index contributed by atoms with van der Waals surface area (Å²) in [6, 6.07) is 15.9. The molecule has 0 radical (unpaired) electrons. The summed E-state index contributed by atoms with van der Waals surface area (Å²) in [5.74, 6) is 1.48. The van der Waals surface area contributed by atoms with Crippen molar-refractivity contribution >= 4 is 23.2 Å². The van der Waals surface area contributed by atoms with E-state index in [-0.39, 0.29) is 24.9 Å². The molecule has 0 spiro atoms. The van der Waals surface area contributed by atoms with Crippen molar-refractivity contribution in [3.8, 4) is 5.75 Å². The van der Waals surface area contributed by atoms with Crippen LogP contribution < -0.4 is 15.0 Å². The number of anilines is 2. The van der Waals surface area contributed by atoms with Crippen LogP contribution in [0.15, 0.2) is 48.5 Å². The van der Waals surface area contributed by atoms with E-state index in [0.717, 1.165) is 49.5 Å². The number of hydrogen-bond acceptors (Lipinski definition) is 4. The van der Waals surface area contributed by atoms with E-state index in [2.05, 4.69) is 17.4 Å². The number of ether oxygens (including phenoxy) is 1. The van der Waals surface area contributed by atoms with Crippen molar-refractivity contribution in [2.75, 3.05) is 43.5 Å². The van der Waals surface area contributed by atoms with Crippen LogP contribution in [0.25, 0.3) is 0 Å². The average Bonchev–Trinajstić information content (AvgIpc) is 2.74. The Morgan fingerprint density at radius 1 is 1.14 bits per heavy atom. The zero-order valence-electron chi connectivity index (χ0n) is 16.8. The predicted molar refractivity (Wildman–Crippen MR) is 113 cm³/mol. The largest absolute Gasteiger partial charge is 0.497 e. The molecule has 2 aliphatic rings. The van der Waals surface area contributed by atoms with Crippen molar-refractivity contribution < 1.29 is 14.3 Å². The Kier molecular flexibility index (Phi) is 5.69. The fourth-order valence-corrected chi connectivity index (χ4v) is 4.23. The maximum Gasteiger partial charge on any atom is 0.243 e. The molecule has 1 N–H and O–H groups in total. The van der Waals surface area contributed by atoms with Crippen LogP contribution in [0.1, 0.15) is 18.4 Å². The van der Waals surface area contributed by atoms with E-state index in [1.54, 1.807) is 7.11 Å². The number of hydrogen-bond donors (Lipinski definition) is 1. The van der Waals surface area contributed by atoms with Gasteiger partial charge >= 0.3 is 0 Å². The number of amides is 2. The van der Waals surface area contributed by atoms with Crippen LogP contribution in [0.4, 0.5) is 11.4 Å². The van der Waals surface area contributed by atoms with E-state index in [1.165, 1.54) is 5.56 Å². The Hall–Kier alpha value is -3.02. The van der Waals surface area contributed by atoms with Gasteiger partial charge in [0.25, 0.3) is 0 Å². The van der Waals surface area contributed by atoms with Gasteiger partial charge in [-0.15, -0.1) is 0 Å². The van der Waals surface area contributed by atoms with E-state index in [1.807, 2.05) is 46.2 Å². The van der Waals surface area contributed by atoms with E-state index < -0.39 is 0 Å². The van der Waals surface area contributed by atoms with Gasteiger partial charge in [0.1, 0.15) is 5.75 Å². The zero-order valence-corrected chi connectivity index (χ0v) is 16.8. The van der Waals surface area contributed by atoms with E-state index in [9.17, 15) is 9.59 Å². The minimum atomic E-state index is -0.0755. The van der Waals surface area contributed by atoms with Gasteiger partial charge in [-0.05, 0) is 55.0 Å². The summed E-state index contributed by atoms with van der Waals surface area (Å²) in [6.45, 7) is 2.00. The summed E-state index contributed by atoms with van der Waals surface area (Å²) in [6.07, 6.45) is 3.01. The molecule has 6 heteroatoms. The van der Waals surface area contributed by atoms with E-state index >= 15 is 0 Å². The topological polar surface area (TPSA) is 61.9 Å². The Morgan fingerprint density at radius 3 is 2.72 bits per heavy atom. The van der Waals surface area contributed by atoms with Gasteiger partial charge in [0.05, 0.1) is 31.6 Å². The molecular weight excluding hydrogens is 366 g/mol. The van der Waals surface area contributed by atoms with Crippen LogP contribution in [-0.4, -0.2) is 50.0 Å². The van der Waals surface area contributed by atoms with Gasteiger partial charge in [0.15, 0.2) is 0 Å². The first-order valence-electron chi connectivity index (χ1n) is 10.2. The highest BCUT2D eigenvalue weighted by Gasteiger charge is 2.27. The van der Waals surface area contributed by atoms with Crippen molar-refractivity contribution in [1.29, 1.82) is 0 Å². The normalized spacial score (nSPS) is 16.9. The smallest absolute Gasteiger partial charge is 0.243 e. The zero-order chi connectivity index (χ0) is 20.2. The Labute approximate surface area is 171 Å². The van der Waals surface area contributed by atoms with Crippen molar-refractivity contribution in [3.63, 3.8) is 0 Å². The lowest BCUT2D eigenvalue weighted by atomic mass is 9.90. The summed E-state index contributed by atoms with van der Waals surface area (Å²) < 4.78 is 5.31. The van der Waals surface area contributed by atoms with E-state index in [4.69, 9.17) is 4.74 Å². The number of likely N-dealkylation sites (tertiary alicyclic amines) is 1. The number of benzene rings is 2. The SMILES string of the molecule is COc1cccc(CC2CCN(C(=O)CN3CC(=O)Nc4ccccc43)CC2)c1. The Morgan fingerprint density at radius 2 is 1.93 bits per heavy atom. The molecule has 2 aromatic rings. The highest BCUT2D eigenvalue weighted by atomic mass is 16.5. The molecule has 1 saturated heterocycles. The molecule has 2 aliphatic heterocycles. The third-order valence-electron chi connectivity index (χ3n) is 5.81. The molecule has 0 aliphatic carbocycles. The molecule has 2 heterocycles. The number of fused-ring (bicyclic) bond motifs is 1. The highest BCUT2D eigenvalue weighted by molar-refractivity contribution is 6.02. The van der Waals surface area contributed by atoms with Gasteiger partial charge in [-0.3, -0.25) is 9.59 Å². The molecular formula is C23H27N3O3. The third-order valence-corrected chi connectivity index (χ3v) is 5.81. The summed E-state index contributed by atoms with van der Waals surface area (Å²) in [4.78, 5) is 28.7. The monoisotopic (exact) mass is 393 g/mol. The number of nitrogens with zero attached hydrogens (tertiary/aromatic N) is 2. The van der Waals surface area contributed by atoms with Crippen molar-refractivity contribution in [2.24, 2.45) is 5.92 Å². The second kappa shape index (κ2) is 8.55. The molecule has 0 bridgehead atoms. The molecule has 0 saturated carbocycles. The van der Waals surface area contributed by atoms with Crippen molar-refractivity contribution in [3.05, 3.63) is 54.1 Å². The van der Waals surface area contributed by atoms with Crippen LogP contribution in [0.3, 0.4) is 0 Å². The number of piperidine rings is 1. The third kappa shape index (κ3) is 4.53. The fraction of sp³-hybridized carbons (Fsp3) is 0.391. The minimum Gasteiger partial charge on any atom is -0.497 e. The first-order valence-corrected chi connectivity index (χ1v) is 10.2. The molecule has 2 amide bonds. The average molecular weight is 393 g/mol. The standard InChI is InChI=1S/C23H27N3O3/c1-29-19-6-4-5-18(14-19)13-17-9-11-25(12-10-17)23(28)16-26-15-22(27)24-20-7-2-3-8-21(20)26/h2-8,14,17H,9-13,15-16H2,1H3,(H,24,27). The molecule has 0 unspecified atom stereocenters. The maximum atomic E-state index is 12.9. The van der Waals surface area contributed by atoms with Crippen LogP contribution in [0.2, 0.25) is 0 Å². The molecule has 0 atom stereocenters. The molecule has 2 aromatic carbocycles. The number of para-hydroxylation sites is 2. The lowest BCUT2D eigenvalue weighted by molar-refractivity contribution is -0.131. The molecule has 6 nitrogen and oxygen atoms in total. The maximum absolute atomic E-state index is 12.9. The number of rotatable bonds is 5. The number of carbonyl (C=O) groups excluding carboxylic acids is 2. The molecule has 29 heavy (non-hydrogen) atoms. The molecule has 152 valence electrons. The van der Waals surface area contributed by atoms with Gasteiger partial charge in [0.2, 0.25) is 11.8 Å². The van der Waals surface area contributed by atoms with Gasteiger partial charge in [-0.1, -0.05) is 24.3 Å². The molecule has 4 rings (SSSR count). The predicted octanol–water partition coefficient (Wildman–Crippen LogP) is 2.94. The number of carbonyl (C=O) groups is 2. The number of nitrogens with one attached hydrogen (secondary N) is 1. The highest BCUT2D eigenvalue weighted by Crippen LogP contribution is 2.29. The Bertz CT molecular complexity index is 890. The quantitative estimate of drug-likeness (QED) is 0.849. The van der Waals surface area contributed by atoms with Gasteiger partial charge in [-0.25, -0.2) is 0 Å². The summed E-state index contributed by atoms with van der Waals surface area (Å²) >= 11 is 0. The van der Waals surface area contributed by atoms with Gasteiger partial charge in [-0.2, -0.15) is 0 Å². The summed E-state index contributed by atoms with van der Waals surface area (Å²) in [5.41, 5.74) is 2.96. The van der Waals surface area contributed by atoms with E-state index in [0.29, 0.717) is 5.92 Å². The first-order chi connectivity index (χ1) is 14.1. The molecule has 0 aromatic heterocycles. The molecule has 1 fully saturated rings. The van der Waals surface area contributed by atoms with Gasteiger partial charge < -0.3 is 19.9 Å². The first kappa shape index (κ1) is 19.3. The van der Waals surface area contributed by atoms with Crippen LogP contribution in [0.5, 0.6) is 5.75 Å². The number of methoxy groups -OCH3 is 1. The minimum absolute atomic E-state index is 0.0755. The summed E-state index contributed by atoms with van der Waals surface area (Å²) in [5, 5.41) is 2.87. The van der Waals surface area contributed by atoms with Crippen LogP contribution >= 0.6 is 0 Å². The summed E-state index contributed by atoms with van der Waals surface area (Å²) in [7, 11) is 1.69. The van der Waals surface area contributed by atoms with Crippen molar-refractivity contribution in [2.45, 2.75) is 19.3 Å².